The highest BCUT2D eigenvalue weighted by molar-refractivity contribution is 6.30. The smallest absolute Gasteiger partial charge is 0.227 e. The molecular formula is C23H26ClN3O4. The van der Waals surface area contributed by atoms with Crippen LogP contribution in [0, 0.1) is 5.92 Å². The molecule has 0 radical (unpaired) electrons. The number of hydrogen-bond acceptors (Lipinski definition) is 4. The first-order chi connectivity index (χ1) is 14.8. The molecule has 8 heteroatoms. The number of aromatic hydroxyl groups is 1. The number of para-hydroxylation sites is 2. The molecule has 0 spiro atoms. The number of halogens is 1. The van der Waals surface area contributed by atoms with Crippen molar-refractivity contribution in [1.82, 2.24) is 10.2 Å². The van der Waals surface area contributed by atoms with E-state index in [2.05, 4.69) is 10.6 Å². The van der Waals surface area contributed by atoms with Gasteiger partial charge in [0.1, 0.15) is 5.75 Å². The van der Waals surface area contributed by atoms with Gasteiger partial charge in [-0.2, -0.15) is 0 Å². The summed E-state index contributed by atoms with van der Waals surface area (Å²) in [6.45, 7) is 2.35. The molecule has 3 rings (SSSR count). The average Bonchev–Trinajstić information content (AvgIpc) is 2.75. The minimum Gasteiger partial charge on any atom is -0.506 e. The summed E-state index contributed by atoms with van der Waals surface area (Å²) in [5, 5.41) is 16.0. The predicted molar refractivity (Wildman–Crippen MR) is 119 cm³/mol. The molecule has 7 nitrogen and oxygen atoms in total. The zero-order chi connectivity index (χ0) is 22.4. The number of anilines is 1. The fourth-order valence-electron chi connectivity index (χ4n) is 3.70. The van der Waals surface area contributed by atoms with Crippen LogP contribution in [0.5, 0.6) is 5.75 Å². The molecule has 1 aliphatic heterocycles. The number of piperidine rings is 1. The van der Waals surface area contributed by atoms with Crippen molar-refractivity contribution in [3.05, 3.63) is 59.1 Å². The van der Waals surface area contributed by atoms with Crippen LogP contribution in [-0.4, -0.2) is 40.8 Å². The van der Waals surface area contributed by atoms with Crippen LogP contribution in [-0.2, 0) is 14.4 Å². The number of phenols is 1. The fourth-order valence-corrected chi connectivity index (χ4v) is 3.83. The molecule has 0 unspecified atom stereocenters. The third kappa shape index (κ3) is 6.21. The van der Waals surface area contributed by atoms with Crippen LogP contribution in [0.2, 0.25) is 5.02 Å². The van der Waals surface area contributed by atoms with Crippen LogP contribution in [0.25, 0.3) is 0 Å². The Morgan fingerprint density at radius 2 is 1.74 bits per heavy atom. The SMILES string of the molecule is CC(=O)N[C@H](CC(=O)N1CCC(C(=O)Nc2ccccc2O)CC1)c1ccc(Cl)cc1. The summed E-state index contributed by atoms with van der Waals surface area (Å²) in [5.41, 5.74) is 1.19. The van der Waals surface area contributed by atoms with Crippen LogP contribution in [0.1, 0.15) is 37.8 Å². The molecule has 1 fully saturated rings. The number of phenolic OH excluding ortho intramolecular Hbond substituents is 1. The first kappa shape index (κ1) is 22.6. The van der Waals surface area contributed by atoms with Crippen molar-refractivity contribution in [3.63, 3.8) is 0 Å². The van der Waals surface area contributed by atoms with Gasteiger partial charge < -0.3 is 20.6 Å². The van der Waals surface area contributed by atoms with E-state index < -0.39 is 6.04 Å². The topological polar surface area (TPSA) is 98.7 Å². The van der Waals surface area contributed by atoms with Crippen LogP contribution < -0.4 is 10.6 Å². The summed E-state index contributed by atoms with van der Waals surface area (Å²) in [7, 11) is 0. The Labute approximate surface area is 186 Å². The van der Waals surface area contributed by atoms with Crippen LogP contribution in [0.4, 0.5) is 5.69 Å². The molecule has 2 aromatic carbocycles. The highest BCUT2D eigenvalue weighted by Crippen LogP contribution is 2.26. The van der Waals surface area contributed by atoms with Gasteiger partial charge in [-0.05, 0) is 42.7 Å². The molecule has 0 saturated carbocycles. The summed E-state index contributed by atoms with van der Waals surface area (Å²) in [4.78, 5) is 38.7. The monoisotopic (exact) mass is 443 g/mol. The number of rotatable bonds is 6. The van der Waals surface area contributed by atoms with Crippen molar-refractivity contribution in [3.8, 4) is 5.75 Å². The largest absolute Gasteiger partial charge is 0.506 e. The van der Waals surface area contributed by atoms with E-state index in [-0.39, 0.29) is 35.8 Å². The highest BCUT2D eigenvalue weighted by Gasteiger charge is 2.29. The second kappa shape index (κ2) is 10.3. The van der Waals surface area contributed by atoms with E-state index in [1.54, 1.807) is 47.4 Å². The summed E-state index contributed by atoms with van der Waals surface area (Å²) in [6, 6.07) is 13.2. The van der Waals surface area contributed by atoms with Crippen molar-refractivity contribution in [1.29, 1.82) is 0 Å². The molecule has 0 aliphatic carbocycles. The normalized spacial score (nSPS) is 15.2. The summed E-state index contributed by atoms with van der Waals surface area (Å²) >= 11 is 5.94. The summed E-state index contributed by atoms with van der Waals surface area (Å²) in [5.74, 6) is -0.660. The maximum Gasteiger partial charge on any atom is 0.227 e. The van der Waals surface area contributed by atoms with E-state index in [4.69, 9.17) is 11.6 Å². The van der Waals surface area contributed by atoms with E-state index in [1.165, 1.54) is 13.0 Å². The van der Waals surface area contributed by atoms with Crippen molar-refractivity contribution in [2.75, 3.05) is 18.4 Å². The van der Waals surface area contributed by atoms with E-state index >= 15 is 0 Å². The van der Waals surface area contributed by atoms with Gasteiger partial charge in [0, 0.05) is 31.0 Å². The molecule has 164 valence electrons. The molecule has 31 heavy (non-hydrogen) atoms. The Morgan fingerprint density at radius 3 is 2.35 bits per heavy atom. The Hall–Kier alpha value is -3.06. The Morgan fingerprint density at radius 1 is 1.10 bits per heavy atom. The van der Waals surface area contributed by atoms with E-state index in [0.717, 1.165) is 5.56 Å². The summed E-state index contributed by atoms with van der Waals surface area (Å²) in [6.07, 6.45) is 1.21. The Bertz CT molecular complexity index is 940. The number of benzene rings is 2. The van der Waals surface area contributed by atoms with Crippen molar-refractivity contribution in [2.45, 2.75) is 32.2 Å². The standard InChI is InChI=1S/C23H26ClN3O4/c1-15(28)25-20(16-6-8-18(24)9-7-16)14-22(30)27-12-10-17(11-13-27)23(31)26-19-4-2-3-5-21(19)29/h2-9,17,20,29H,10-14H2,1H3,(H,25,28)(H,26,31)/t20-/m1/s1. The third-order valence-corrected chi connectivity index (χ3v) is 5.66. The lowest BCUT2D eigenvalue weighted by Gasteiger charge is -2.32. The van der Waals surface area contributed by atoms with Gasteiger partial charge in [0.15, 0.2) is 0 Å². The zero-order valence-electron chi connectivity index (χ0n) is 17.3. The maximum absolute atomic E-state index is 12.9. The van der Waals surface area contributed by atoms with E-state index in [0.29, 0.717) is 36.6 Å². The molecule has 1 aliphatic rings. The Balaban J connectivity index is 1.56. The van der Waals surface area contributed by atoms with Gasteiger partial charge >= 0.3 is 0 Å². The molecular weight excluding hydrogens is 418 g/mol. The molecule has 0 aromatic heterocycles. The van der Waals surface area contributed by atoms with Gasteiger partial charge in [-0.15, -0.1) is 0 Å². The molecule has 3 amide bonds. The van der Waals surface area contributed by atoms with Gasteiger partial charge in [0.25, 0.3) is 0 Å². The zero-order valence-corrected chi connectivity index (χ0v) is 18.1. The van der Waals surface area contributed by atoms with Gasteiger partial charge in [0.05, 0.1) is 18.2 Å². The van der Waals surface area contributed by atoms with Crippen molar-refractivity contribution >= 4 is 35.0 Å². The number of amides is 3. The number of hydrogen-bond donors (Lipinski definition) is 3. The van der Waals surface area contributed by atoms with Gasteiger partial charge in [-0.1, -0.05) is 35.9 Å². The lowest BCUT2D eigenvalue weighted by molar-refractivity contribution is -0.135. The fraction of sp³-hybridized carbons (Fsp3) is 0.348. The number of carbonyl (C=O) groups excluding carboxylic acids is 3. The van der Waals surface area contributed by atoms with Crippen LogP contribution >= 0.6 is 11.6 Å². The van der Waals surface area contributed by atoms with Gasteiger partial charge in [-0.3, -0.25) is 14.4 Å². The van der Waals surface area contributed by atoms with Crippen molar-refractivity contribution < 1.29 is 19.5 Å². The van der Waals surface area contributed by atoms with Gasteiger partial charge in [-0.25, -0.2) is 0 Å². The minimum absolute atomic E-state index is 0.0228. The van der Waals surface area contributed by atoms with E-state index in [1.807, 2.05) is 0 Å². The first-order valence-corrected chi connectivity index (χ1v) is 10.6. The lowest BCUT2D eigenvalue weighted by atomic mass is 9.95. The predicted octanol–water partition coefficient (Wildman–Crippen LogP) is 3.49. The molecule has 3 N–H and O–H groups in total. The average molecular weight is 444 g/mol. The van der Waals surface area contributed by atoms with Gasteiger partial charge in [0.2, 0.25) is 17.7 Å². The first-order valence-electron chi connectivity index (χ1n) is 10.2. The number of likely N-dealkylation sites (tertiary alicyclic amines) is 1. The van der Waals surface area contributed by atoms with Crippen LogP contribution in [0.15, 0.2) is 48.5 Å². The second-order valence-electron chi connectivity index (χ2n) is 7.67. The molecule has 0 bridgehead atoms. The molecule has 1 atom stereocenters. The lowest BCUT2D eigenvalue weighted by Crippen LogP contribution is -2.43. The Kier molecular flexibility index (Phi) is 7.52. The molecule has 1 heterocycles. The highest BCUT2D eigenvalue weighted by atomic mass is 35.5. The maximum atomic E-state index is 12.9. The molecule has 2 aromatic rings. The number of nitrogens with one attached hydrogen (secondary N) is 2. The molecule has 1 saturated heterocycles. The van der Waals surface area contributed by atoms with E-state index in [9.17, 15) is 19.5 Å². The second-order valence-corrected chi connectivity index (χ2v) is 8.11. The third-order valence-electron chi connectivity index (χ3n) is 5.41. The number of nitrogens with zero attached hydrogens (tertiary/aromatic N) is 1. The minimum atomic E-state index is -0.440. The number of carbonyl (C=O) groups is 3. The van der Waals surface area contributed by atoms with Crippen molar-refractivity contribution in [2.24, 2.45) is 5.92 Å². The van der Waals surface area contributed by atoms with Crippen LogP contribution in [0.3, 0.4) is 0 Å². The summed E-state index contributed by atoms with van der Waals surface area (Å²) < 4.78 is 0. The quantitative estimate of drug-likeness (QED) is 0.595.